The highest BCUT2D eigenvalue weighted by Gasteiger charge is 2.22. The van der Waals surface area contributed by atoms with E-state index < -0.39 is 0 Å². The molecular formula is C11H23N3O. The normalized spacial score (nSPS) is 27.0. The van der Waals surface area contributed by atoms with E-state index in [0.717, 1.165) is 32.7 Å². The fraction of sp³-hybridized carbons (Fsp3) is 1.00. The number of piperidine rings is 1. The van der Waals surface area contributed by atoms with Crippen molar-refractivity contribution in [3.63, 3.8) is 0 Å². The number of hydrogen-bond donors (Lipinski definition) is 1. The van der Waals surface area contributed by atoms with Crippen LogP contribution in [0.3, 0.4) is 0 Å². The van der Waals surface area contributed by atoms with Gasteiger partial charge in [0.25, 0.3) is 0 Å². The van der Waals surface area contributed by atoms with Gasteiger partial charge in [-0.15, -0.1) is 0 Å². The predicted octanol–water partition coefficient (Wildman–Crippen LogP) is -0.00280. The molecule has 0 bridgehead atoms. The summed E-state index contributed by atoms with van der Waals surface area (Å²) < 4.78 is 0. The molecule has 0 atom stereocenters. The first-order valence-corrected chi connectivity index (χ1v) is 6.23. The highest BCUT2D eigenvalue weighted by Crippen LogP contribution is 2.13. The van der Waals surface area contributed by atoms with Crippen molar-refractivity contribution in [3.05, 3.63) is 0 Å². The van der Waals surface area contributed by atoms with Gasteiger partial charge in [-0.05, 0) is 12.8 Å². The molecule has 0 aromatic carbocycles. The van der Waals surface area contributed by atoms with Gasteiger partial charge in [0.1, 0.15) is 0 Å². The van der Waals surface area contributed by atoms with Gasteiger partial charge in [-0.25, -0.2) is 10.0 Å². The number of nitrogens with zero attached hydrogens (tertiary/aromatic N) is 3. The van der Waals surface area contributed by atoms with Crippen LogP contribution in [0.4, 0.5) is 0 Å². The van der Waals surface area contributed by atoms with Gasteiger partial charge in [0.05, 0.1) is 6.61 Å². The van der Waals surface area contributed by atoms with E-state index in [1.165, 1.54) is 32.4 Å². The average molecular weight is 213 g/mol. The SMILES string of the molecule is OCCN1CCN(N2CCCCC2)CC1. The van der Waals surface area contributed by atoms with Crippen molar-refractivity contribution in [3.8, 4) is 0 Å². The molecule has 0 aromatic rings. The summed E-state index contributed by atoms with van der Waals surface area (Å²) in [6, 6.07) is 0. The maximum Gasteiger partial charge on any atom is 0.0558 e. The summed E-state index contributed by atoms with van der Waals surface area (Å²) in [6.45, 7) is 8.13. The van der Waals surface area contributed by atoms with Crippen LogP contribution in [0.2, 0.25) is 0 Å². The van der Waals surface area contributed by atoms with Crippen LogP contribution in [0.15, 0.2) is 0 Å². The third-order valence-electron chi connectivity index (χ3n) is 3.50. The molecule has 0 saturated carbocycles. The summed E-state index contributed by atoms with van der Waals surface area (Å²) in [7, 11) is 0. The standard InChI is InChI=1S/C11H23N3O/c15-11-10-12-6-8-14(9-7-12)13-4-2-1-3-5-13/h15H,1-11H2. The van der Waals surface area contributed by atoms with Crippen LogP contribution >= 0.6 is 0 Å². The van der Waals surface area contributed by atoms with E-state index in [1.807, 2.05) is 0 Å². The number of β-amino-alcohol motifs (C(OH)–C–C–N with tert-alkyl or cyclic N) is 1. The number of rotatable bonds is 3. The van der Waals surface area contributed by atoms with Gasteiger partial charge in [-0.1, -0.05) is 6.42 Å². The first-order valence-electron chi connectivity index (χ1n) is 6.23. The zero-order valence-electron chi connectivity index (χ0n) is 9.57. The molecule has 2 aliphatic heterocycles. The smallest absolute Gasteiger partial charge is 0.0558 e. The zero-order valence-corrected chi connectivity index (χ0v) is 9.57. The van der Waals surface area contributed by atoms with Gasteiger partial charge < -0.3 is 5.11 Å². The van der Waals surface area contributed by atoms with E-state index in [-0.39, 0.29) is 0 Å². The zero-order chi connectivity index (χ0) is 10.5. The van der Waals surface area contributed by atoms with Crippen molar-refractivity contribution < 1.29 is 5.11 Å². The Morgan fingerprint density at radius 3 is 1.93 bits per heavy atom. The molecule has 4 heteroatoms. The number of hydrazine groups is 1. The second-order valence-corrected chi connectivity index (χ2v) is 4.53. The minimum Gasteiger partial charge on any atom is -0.395 e. The Kier molecular flexibility index (Phi) is 4.38. The van der Waals surface area contributed by atoms with Crippen molar-refractivity contribution in [2.75, 3.05) is 52.4 Å². The Bertz CT molecular complexity index is 175. The summed E-state index contributed by atoms with van der Waals surface area (Å²) in [5, 5.41) is 13.9. The third-order valence-corrected chi connectivity index (χ3v) is 3.50. The molecule has 0 spiro atoms. The minimum atomic E-state index is 0.295. The molecule has 0 aliphatic carbocycles. The molecule has 0 unspecified atom stereocenters. The monoisotopic (exact) mass is 213 g/mol. The van der Waals surface area contributed by atoms with Gasteiger partial charge in [0, 0.05) is 45.8 Å². The molecule has 4 nitrogen and oxygen atoms in total. The molecule has 2 fully saturated rings. The fourth-order valence-corrected chi connectivity index (χ4v) is 2.55. The van der Waals surface area contributed by atoms with Crippen molar-refractivity contribution in [1.82, 2.24) is 14.9 Å². The van der Waals surface area contributed by atoms with Crippen molar-refractivity contribution >= 4 is 0 Å². The van der Waals surface area contributed by atoms with Crippen LogP contribution < -0.4 is 0 Å². The summed E-state index contributed by atoms with van der Waals surface area (Å²) in [6.07, 6.45) is 4.12. The lowest BCUT2D eigenvalue weighted by atomic mass is 10.1. The van der Waals surface area contributed by atoms with Gasteiger partial charge >= 0.3 is 0 Å². The van der Waals surface area contributed by atoms with E-state index in [0.29, 0.717) is 6.61 Å². The van der Waals surface area contributed by atoms with Gasteiger partial charge in [0.15, 0.2) is 0 Å². The lowest BCUT2D eigenvalue weighted by Gasteiger charge is -2.42. The molecule has 15 heavy (non-hydrogen) atoms. The van der Waals surface area contributed by atoms with Crippen LogP contribution in [-0.4, -0.2) is 72.4 Å². The highest BCUT2D eigenvalue weighted by atomic mass is 16.3. The quantitative estimate of drug-likeness (QED) is 0.714. The maximum absolute atomic E-state index is 8.87. The van der Waals surface area contributed by atoms with Crippen molar-refractivity contribution in [1.29, 1.82) is 0 Å². The molecular weight excluding hydrogens is 190 g/mol. The van der Waals surface area contributed by atoms with Crippen LogP contribution in [0.5, 0.6) is 0 Å². The highest BCUT2D eigenvalue weighted by molar-refractivity contribution is 4.72. The van der Waals surface area contributed by atoms with E-state index in [1.54, 1.807) is 0 Å². The second-order valence-electron chi connectivity index (χ2n) is 4.53. The molecule has 2 saturated heterocycles. The molecule has 0 radical (unpaired) electrons. The summed E-state index contributed by atoms with van der Waals surface area (Å²) in [5.74, 6) is 0. The number of piperazine rings is 1. The Labute approximate surface area is 92.4 Å². The fourth-order valence-electron chi connectivity index (χ4n) is 2.55. The van der Waals surface area contributed by atoms with E-state index in [9.17, 15) is 0 Å². The molecule has 2 rings (SSSR count). The van der Waals surface area contributed by atoms with E-state index >= 15 is 0 Å². The number of hydrogen-bond acceptors (Lipinski definition) is 4. The first-order chi connectivity index (χ1) is 7.40. The van der Waals surface area contributed by atoms with Crippen LogP contribution in [0.25, 0.3) is 0 Å². The molecule has 0 amide bonds. The molecule has 88 valence electrons. The van der Waals surface area contributed by atoms with Gasteiger partial charge in [0.2, 0.25) is 0 Å². The summed E-state index contributed by atoms with van der Waals surface area (Å²) in [5.41, 5.74) is 0. The molecule has 0 aromatic heterocycles. The molecule has 2 aliphatic rings. The van der Waals surface area contributed by atoms with Gasteiger partial charge in [-0.3, -0.25) is 4.90 Å². The van der Waals surface area contributed by atoms with Crippen LogP contribution in [0, 0.1) is 0 Å². The largest absolute Gasteiger partial charge is 0.395 e. The Balaban J connectivity index is 1.72. The first kappa shape index (κ1) is 11.3. The Hall–Kier alpha value is -0.160. The lowest BCUT2D eigenvalue weighted by molar-refractivity contribution is -0.0693. The Morgan fingerprint density at radius 1 is 0.733 bits per heavy atom. The van der Waals surface area contributed by atoms with Gasteiger partial charge in [-0.2, -0.15) is 0 Å². The van der Waals surface area contributed by atoms with Crippen LogP contribution in [0.1, 0.15) is 19.3 Å². The summed E-state index contributed by atoms with van der Waals surface area (Å²) in [4.78, 5) is 2.35. The second kappa shape index (κ2) is 5.80. The predicted molar refractivity (Wildman–Crippen MR) is 60.5 cm³/mol. The number of aliphatic hydroxyl groups is 1. The summed E-state index contributed by atoms with van der Waals surface area (Å²) >= 11 is 0. The van der Waals surface area contributed by atoms with E-state index in [2.05, 4.69) is 14.9 Å². The van der Waals surface area contributed by atoms with Crippen LogP contribution in [-0.2, 0) is 0 Å². The number of aliphatic hydroxyl groups excluding tert-OH is 1. The average Bonchev–Trinajstić information content (AvgIpc) is 2.32. The third kappa shape index (κ3) is 3.14. The Morgan fingerprint density at radius 2 is 1.33 bits per heavy atom. The van der Waals surface area contributed by atoms with E-state index in [4.69, 9.17) is 5.11 Å². The van der Waals surface area contributed by atoms with Crippen molar-refractivity contribution in [2.24, 2.45) is 0 Å². The molecule has 1 N–H and O–H groups in total. The lowest BCUT2D eigenvalue weighted by Crippen LogP contribution is -2.55. The maximum atomic E-state index is 8.87. The van der Waals surface area contributed by atoms with Crippen molar-refractivity contribution in [2.45, 2.75) is 19.3 Å². The molecule has 2 heterocycles. The minimum absolute atomic E-state index is 0.295. The topological polar surface area (TPSA) is 30.0 Å².